The summed E-state index contributed by atoms with van der Waals surface area (Å²) >= 11 is 1.32. The lowest BCUT2D eigenvalue weighted by Crippen LogP contribution is -2.38. The Balaban J connectivity index is 1.98. The van der Waals surface area contributed by atoms with E-state index in [9.17, 15) is 4.79 Å². The van der Waals surface area contributed by atoms with Gasteiger partial charge in [0.05, 0.1) is 24.9 Å². The van der Waals surface area contributed by atoms with Gasteiger partial charge < -0.3 is 24.8 Å². The molecule has 1 unspecified atom stereocenters. The van der Waals surface area contributed by atoms with Gasteiger partial charge in [-0.05, 0) is 26.8 Å². The number of nitrogens with one attached hydrogen (secondary N) is 2. The van der Waals surface area contributed by atoms with Crippen molar-refractivity contribution in [3.8, 4) is 5.88 Å². The summed E-state index contributed by atoms with van der Waals surface area (Å²) in [5, 5.41) is 7.33. The number of pyridine rings is 1. The second-order valence-corrected chi connectivity index (χ2v) is 7.32. The van der Waals surface area contributed by atoms with E-state index in [1.54, 1.807) is 34.2 Å². The van der Waals surface area contributed by atoms with Crippen LogP contribution in [-0.4, -0.2) is 55.9 Å². The number of guanidine groups is 1. The SMILES string of the molecule is CCOC(=O)c1sc(C(C)NC(=NC)NCc2cccnc2OCCOC)nc1C. The number of carbonyl (C=O) groups excluding carboxylic acids is 1. The number of thiazole rings is 1. The highest BCUT2D eigenvalue weighted by Gasteiger charge is 2.20. The number of aryl methyl sites for hydroxylation is 1. The Hall–Kier alpha value is -2.72. The van der Waals surface area contributed by atoms with Crippen LogP contribution < -0.4 is 15.4 Å². The molecule has 0 saturated heterocycles. The summed E-state index contributed by atoms with van der Waals surface area (Å²) in [6.07, 6.45) is 1.69. The van der Waals surface area contributed by atoms with Crippen LogP contribution in [0.3, 0.4) is 0 Å². The number of rotatable bonds is 10. The summed E-state index contributed by atoms with van der Waals surface area (Å²) in [5.41, 5.74) is 1.57. The minimum absolute atomic E-state index is 0.144. The highest BCUT2D eigenvalue weighted by Crippen LogP contribution is 2.24. The summed E-state index contributed by atoms with van der Waals surface area (Å²) in [6.45, 7) is 7.28. The first kappa shape index (κ1) is 23.6. The van der Waals surface area contributed by atoms with E-state index in [1.807, 2.05) is 19.1 Å². The third-order valence-corrected chi connectivity index (χ3v) is 5.36. The standard InChI is InChI=1S/C20H29N5O4S/c1-6-28-19(26)16-13(2)24-18(30-16)14(3)25-20(21-4)23-12-15-8-7-9-22-17(15)29-11-10-27-5/h7-9,14H,6,10-12H2,1-5H3,(H2,21,23,25). The molecule has 0 spiro atoms. The van der Waals surface area contributed by atoms with Crippen molar-refractivity contribution in [1.29, 1.82) is 0 Å². The molecule has 1 atom stereocenters. The monoisotopic (exact) mass is 435 g/mol. The lowest BCUT2D eigenvalue weighted by atomic mass is 10.2. The van der Waals surface area contributed by atoms with E-state index in [0.717, 1.165) is 10.6 Å². The van der Waals surface area contributed by atoms with Gasteiger partial charge >= 0.3 is 5.97 Å². The molecule has 2 rings (SSSR count). The van der Waals surface area contributed by atoms with E-state index in [0.29, 0.717) is 48.8 Å². The fraction of sp³-hybridized carbons (Fsp3) is 0.500. The van der Waals surface area contributed by atoms with Crippen LogP contribution in [0.4, 0.5) is 0 Å². The maximum Gasteiger partial charge on any atom is 0.350 e. The number of aliphatic imine (C=N–C) groups is 1. The van der Waals surface area contributed by atoms with Gasteiger partial charge in [0.15, 0.2) is 5.96 Å². The molecular weight excluding hydrogens is 406 g/mol. The second-order valence-electron chi connectivity index (χ2n) is 6.29. The maximum atomic E-state index is 12.0. The van der Waals surface area contributed by atoms with Gasteiger partial charge in [0, 0.05) is 32.5 Å². The van der Waals surface area contributed by atoms with Crippen LogP contribution in [-0.2, 0) is 16.0 Å². The van der Waals surface area contributed by atoms with Crippen molar-refractivity contribution in [1.82, 2.24) is 20.6 Å². The Kier molecular flexibility index (Phi) is 9.49. The average Bonchev–Trinajstić information content (AvgIpc) is 3.14. The fourth-order valence-corrected chi connectivity index (χ4v) is 3.50. The minimum Gasteiger partial charge on any atom is -0.475 e. The zero-order chi connectivity index (χ0) is 21.9. The molecule has 0 fully saturated rings. The quantitative estimate of drug-likeness (QED) is 0.254. The molecule has 0 radical (unpaired) electrons. The Labute approximate surface area is 180 Å². The lowest BCUT2D eigenvalue weighted by molar-refractivity contribution is 0.0531. The average molecular weight is 436 g/mol. The molecule has 9 nitrogen and oxygen atoms in total. The normalized spacial score (nSPS) is 12.4. The molecule has 2 N–H and O–H groups in total. The second kappa shape index (κ2) is 12.1. The summed E-state index contributed by atoms with van der Waals surface area (Å²) < 4.78 is 15.8. The first-order chi connectivity index (χ1) is 14.5. The largest absolute Gasteiger partial charge is 0.475 e. The lowest BCUT2D eigenvalue weighted by Gasteiger charge is -2.17. The van der Waals surface area contributed by atoms with Gasteiger partial charge in [0.25, 0.3) is 0 Å². The zero-order valence-electron chi connectivity index (χ0n) is 18.0. The first-order valence-corrected chi connectivity index (χ1v) is 10.5. The number of ether oxygens (including phenoxy) is 3. The molecule has 0 amide bonds. The van der Waals surface area contributed by atoms with Crippen molar-refractivity contribution >= 4 is 23.3 Å². The molecule has 0 aliphatic rings. The first-order valence-electron chi connectivity index (χ1n) is 9.67. The van der Waals surface area contributed by atoms with E-state index in [1.165, 1.54) is 11.3 Å². The molecule has 0 aliphatic carbocycles. The fourth-order valence-electron chi connectivity index (χ4n) is 2.54. The molecule has 0 bridgehead atoms. The smallest absolute Gasteiger partial charge is 0.350 e. The van der Waals surface area contributed by atoms with Crippen molar-refractivity contribution in [2.45, 2.75) is 33.4 Å². The Bertz CT molecular complexity index is 855. The highest BCUT2D eigenvalue weighted by molar-refractivity contribution is 7.13. The Morgan fingerprint density at radius 3 is 2.87 bits per heavy atom. The summed E-state index contributed by atoms with van der Waals surface area (Å²) in [7, 11) is 3.32. The van der Waals surface area contributed by atoms with Crippen molar-refractivity contribution in [2.75, 3.05) is 34.0 Å². The van der Waals surface area contributed by atoms with E-state index in [-0.39, 0.29) is 12.0 Å². The molecule has 0 aromatic carbocycles. The molecular formula is C20H29N5O4S. The third-order valence-electron chi connectivity index (χ3n) is 4.04. The molecule has 2 heterocycles. The zero-order valence-corrected chi connectivity index (χ0v) is 18.8. The number of carbonyl (C=O) groups is 1. The molecule has 30 heavy (non-hydrogen) atoms. The van der Waals surface area contributed by atoms with Crippen LogP contribution in [0.2, 0.25) is 0 Å². The predicted octanol–water partition coefficient (Wildman–Crippen LogP) is 2.47. The molecule has 2 aromatic heterocycles. The predicted molar refractivity (Wildman–Crippen MR) is 116 cm³/mol. The van der Waals surface area contributed by atoms with E-state index in [2.05, 4.69) is 25.6 Å². The van der Waals surface area contributed by atoms with Crippen LogP contribution in [0.5, 0.6) is 5.88 Å². The Morgan fingerprint density at radius 1 is 1.37 bits per heavy atom. The molecule has 0 aliphatic heterocycles. The van der Waals surface area contributed by atoms with Gasteiger partial charge in [-0.15, -0.1) is 11.3 Å². The van der Waals surface area contributed by atoms with Crippen LogP contribution in [0, 0.1) is 6.92 Å². The van der Waals surface area contributed by atoms with Crippen molar-refractivity contribution in [3.63, 3.8) is 0 Å². The molecule has 2 aromatic rings. The van der Waals surface area contributed by atoms with Crippen LogP contribution in [0.1, 0.15) is 45.8 Å². The van der Waals surface area contributed by atoms with Gasteiger partial charge in [-0.1, -0.05) is 6.07 Å². The number of esters is 1. The van der Waals surface area contributed by atoms with E-state index >= 15 is 0 Å². The van der Waals surface area contributed by atoms with E-state index < -0.39 is 0 Å². The van der Waals surface area contributed by atoms with Crippen LogP contribution in [0.15, 0.2) is 23.3 Å². The van der Waals surface area contributed by atoms with Gasteiger partial charge in [0.1, 0.15) is 16.5 Å². The molecule has 10 heteroatoms. The van der Waals surface area contributed by atoms with Crippen LogP contribution >= 0.6 is 11.3 Å². The number of hydrogen-bond donors (Lipinski definition) is 2. The topological polar surface area (TPSA) is 107 Å². The van der Waals surface area contributed by atoms with Gasteiger partial charge in [-0.25, -0.2) is 14.8 Å². The summed E-state index contributed by atoms with van der Waals surface area (Å²) in [4.78, 5) is 25.6. The Morgan fingerprint density at radius 2 is 2.17 bits per heavy atom. The summed E-state index contributed by atoms with van der Waals surface area (Å²) in [6, 6.07) is 3.65. The molecule has 0 saturated carbocycles. The number of methoxy groups -OCH3 is 1. The van der Waals surface area contributed by atoms with Crippen molar-refractivity contribution < 1.29 is 19.0 Å². The van der Waals surface area contributed by atoms with E-state index in [4.69, 9.17) is 14.2 Å². The highest BCUT2D eigenvalue weighted by atomic mass is 32.1. The summed E-state index contributed by atoms with van der Waals surface area (Å²) in [5.74, 6) is 0.811. The number of aromatic nitrogens is 2. The van der Waals surface area contributed by atoms with Crippen LogP contribution in [0.25, 0.3) is 0 Å². The molecule has 164 valence electrons. The van der Waals surface area contributed by atoms with Gasteiger partial charge in [-0.2, -0.15) is 0 Å². The van der Waals surface area contributed by atoms with Gasteiger partial charge in [-0.3, -0.25) is 4.99 Å². The van der Waals surface area contributed by atoms with Crippen molar-refractivity contribution in [3.05, 3.63) is 39.5 Å². The maximum absolute atomic E-state index is 12.0. The minimum atomic E-state index is -0.342. The van der Waals surface area contributed by atoms with Gasteiger partial charge in [0.2, 0.25) is 5.88 Å². The van der Waals surface area contributed by atoms with Crippen molar-refractivity contribution in [2.24, 2.45) is 4.99 Å². The number of nitrogens with zero attached hydrogens (tertiary/aromatic N) is 3. The number of hydrogen-bond acceptors (Lipinski definition) is 8. The third kappa shape index (κ3) is 6.67.